The highest BCUT2D eigenvalue weighted by Gasteiger charge is 2.04. The molecule has 1 aromatic rings. The van der Waals surface area contributed by atoms with Gasteiger partial charge in [0, 0.05) is 36.1 Å². The summed E-state index contributed by atoms with van der Waals surface area (Å²) in [5.41, 5.74) is 1.57. The number of alkyl halides is 2. The number of rotatable bonds is 6. The number of anilines is 1. The first kappa shape index (κ1) is 12.3. The third-order valence-corrected chi connectivity index (χ3v) is 2.40. The molecule has 4 heteroatoms. The highest BCUT2D eigenvalue weighted by atomic mass is 35.5. The van der Waals surface area contributed by atoms with Gasteiger partial charge in [0.25, 0.3) is 0 Å². The molecule has 15 heavy (non-hydrogen) atoms. The third-order valence-electron chi connectivity index (χ3n) is 2.06. The molecule has 0 aliphatic heterocycles. The van der Waals surface area contributed by atoms with E-state index in [0.717, 1.165) is 18.8 Å². The zero-order chi connectivity index (χ0) is 11.1. The summed E-state index contributed by atoms with van der Waals surface area (Å²) in [6.07, 6.45) is 1.84. The second-order valence-corrected chi connectivity index (χ2v) is 3.77. The van der Waals surface area contributed by atoms with Crippen LogP contribution in [0.4, 0.5) is 5.69 Å². The average Bonchev–Trinajstić information content (AvgIpc) is 2.29. The molecule has 2 nitrogen and oxygen atoms in total. The van der Waals surface area contributed by atoms with Gasteiger partial charge in [-0.1, -0.05) is 0 Å². The number of carbonyl (C=O) groups excluding carboxylic acids is 1. The smallest absolute Gasteiger partial charge is 0.233 e. The van der Waals surface area contributed by atoms with Crippen LogP contribution in [0.1, 0.15) is 5.56 Å². The molecule has 0 aromatic heterocycles. The average molecular weight is 245 g/mol. The molecule has 0 spiro atoms. The summed E-state index contributed by atoms with van der Waals surface area (Å²) in [6.45, 7) is 1.50. The van der Waals surface area contributed by atoms with Crippen molar-refractivity contribution in [2.75, 3.05) is 29.7 Å². The van der Waals surface area contributed by atoms with E-state index in [1.807, 2.05) is 18.4 Å². The van der Waals surface area contributed by atoms with E-state index in [0.29, 0.717) is 17.3 Å². The molecule has 0 aliphatic rings. The van der Waals surface area contributed by atoms with E-state index in [1.165, 1.54) is 0 Å². The van der Waals surface area contributed by atoms with Crippen molar-refractivity contribution >= 4 is 35.2 Å². The Labute approximate surface area is 99.8 Å². The second-order valence-electron chi connectivity index (χ2n) is 3.01. The summed E-state index contributed by atoms with van der Waals surface area (Å²) in [7, 11) is 0. The maximum absolute atomic E-state index is 10.4. The lowest BCUT2D eigenvalue weighted by Crippen LogP contribution is -2.27. The van der Waals surface area contributed by atoms with E-state index in [-0.39, 0.29) is 0 Å². The van der Waals surface area contributed by atoms with Gasteiger partial charge in [0.1, 0.15) is 0 Å². The fraction of sp³-hybridized carbons (Fsp3) is 0.364. The number of hydrogen-bond donors (Lipinski definition) is 0. The molecule has 0 N–H and O–H groups in total. The van der Waals surface area contributed by atoms with Crippen molar-refractivity contribution in [2.24, 2.45) is 0 Å². The Balaban J connectivity index is 2.76. The van der Waals surface area contributed by atoms with Crippen molar-refractivity contribution in [3.05, 3.63) is 29.8 Å². The molecular formula is C11H12Cl2NO. The van der Waals surface area contributed by atoms with Gasteiger partial charge in [-0.3, -0.25) is 4.79 Å². The van der Waals surface area contributed by atoms with Crippen LogP contribution in [-0.4, -0.2) is 31.1 Å². The number of benzene rings is 1. The summed E-state index contributed by atoms with van der Waals surface area (Å²) >= 11 is 11.4. The first-order valence-corrected chi connectivity index (χ1v) is 5.74. The summed E-state index contributed by atoms with van der Waals surface area (Å²) < 4.78 is 0. The molecular weight excluding hydrogens is 233 g/mol. The van der Waals surface area contributed by atoms with E-state index >= 15 is 0 Å². The first-order valence-electron chi connectivity index (χ1n) is 4.67. The summed E-state index contributed by atoms with van der Waals surface area (Å²) in [5.74, 6) is 1.11. The zero-order valence-electron chi connectivity index (χ0n) is 8.25. The fourth-order valence-electron chi connectivity index (χ4n) is 1.31. The predicted molar refractivity (Wildman–Crippen MR) is 64.9 cm³/mol. The molecule has 0 unspecified atom stereocenters. The van der Waals surface area contributed by atoms with Crippen molar-refractivity contribution in [3.8, 4) is 0 Å². The van der Waals surface area contributed by atoms with Crippen LogP contribution in [0.5, 0.6) is 0 Å². The van der Waals surface area contributed by atoms with Crippen LogP contribution in [0.2, 0.25) is 0 Å². The third kappa shape index (κ3) is 3.73. The van der Waals surface area contributed by atoms with Crippen LogP contribution in [0, 0.1) is 0 Å². The topological polar surface area (TPSA) is 20.3 Å². The van der Waals surface area contributed by atoms with E-state index < -0.39 is 0 Å². The molecule has 81 valence electrons. The highest BCUT2D eigenvalue weighted by Crippen LogP contribution is 2.14. The Morgan fingerprint density at radius 2 is 1.60 bits per heavy atom. The SMILES string of the molecule is O=[C]c1ccc(N(CCCl)CCCl)cc1. The van der Waals surface area contributed by atoms with Gasteiger partial charge in [0.05, 0.1) is 0 Å². The lowest BCUT2D eigenvalue weighted by molar-refractivity contribution is 0.563. The van der Waals surface area contributed by atoms with Gasteiger partial charge in [0.2, 0.25) is 6.29 Å². The maximum Gasteiger partial charge on any atom is 0.233 e. The Hall–Kier alpha value is -0.730. The molecule has 0 amide bonds. The van der Waals surface area contributed by atoms with Crippen molar-refractivity contribution in [3.63, 3.8) is 0 Å². The van der Waals surface area contributed by atoms with Gasteiger partial charge in [-0.05, 0) is 24.3 Å². The van der Waals surface area contributed by atoms with Gasteiger partial charge >= 0.3 is 0 Å². The Kier molecular flexibility index (Phi) is 5.51. The molecule has 0 saturated heterocycles. The maximum atomic E-state index is 10.4. The Morgan fingerprint density at radius 1 is 1.07 bits per heavy atom. The van der Waals surface area contributed by atoms with Crippen LogP contribution in [0.25, 0.3) is 0 Å². The largest absolute Gasteiger partial charge is 0.369 e. The monoisotopic (exact) mass is 244 g/mol. The number of halogens is 2. The normalized spacial score (nSPS) is 10.0. The van der Waals surface area contributed by atoms with Gasteiger partial charge in [-0.25, -0.2) is 0 Å². The summed E-state index contributed by atoms with van der Waals surface area (Å²) in [6, 6.07) is 7.22. The molecule has 1 rings (SSSR count). The molecule has 1 radical (unpaired) electrons. The minimum atomic E-state index is 0.551. The zero-order valence-corrected chi connectivity index (χ0v) is 9.76. The summed E-state index contributed by atoms with van der Waals surface area (Å²) in [4.78, 5) is 12.4. The van der Waals surface area contributed by atoms with Crippen LogP contribution < -0.4 is 4.90 Å². The molecule has 0 heterocycles. The van der Waals surface area contributed by atoms with Gasteiger partial charge in [-0.15, -0.1) is 23.2 Å². The predicted octanol–water partition coefficient (Wildman–Crippen LogP) is 2.43. The lowest BCUT2D eigenvalue weighted by Gasteiger charge is -2.22. The van der Waals surface area contributed by atoms with Crippen LogP contribution >= 0.6 is 23.2 Å². The van der Waals surface area contributed by atoms with E-state index in [9.17, 15) is 4.79 Å². The Bertz CT molecular complexity index is 294. The Morgan fingerprint density at radius 3 is 2.00 bits per heavy atom. The minimum absolute atomic E-state index is 0.551. The highest BCUT2D eigenvalue weighted by molar-refractivity contribution is 6.18. The second kappa shape index (κ2) is 6.70. The minimum Gasteiger partial charge on any atom is -0.369 e. The van der Waals surface area contributed by atoms with Crippen LogP contribution in [0.3, 0.4) is 0 Å². The van der Waals surface area contributed by atoms with Gasteiger partial charge < -0.3 is 4.90 Å². The molecule has 0 aliphatic carbocycles. The van der Waals surface area contributed by atoms with Gasteiger partial charge in [0.15, 0.2) is 0 Å². The van der Waals surface area contributed by atoms with Crippen molar-refractivity contribution < 1.29 is 4.79 Å². The molecule has 0 atom stereocenters. The number of nitrogens with zero attached hydrogens (tertiary/aromatic N) is 1. The van der Waals surface area contributed by atoms with E-state index in [2.05, 4.69) is 4.90 Å². The van der Waals surface area contributed by atoms with Crippen molar-refractivity contribution in [1.29, 1.82) is 0 Å². The molecule has 0 bridgehead atoms. The van der Waals surface area contributed by atoms with Crippen molar-refractivity contribution in [1.82, 2.24) is 0 Å². The quantitative estimate of drug-likeness (QED) is 0.717. The van der Waals surface area contributed by atoms with E-state index in [4.69, 9.17) is 23.2 Å². The van der Waals surface area contributed by atoms with Crippen molar-refractivity contribution in [2.45, 2.75) is 0 Å². The van der Waals surface area contributed by atoms with Gasteiger partial charge in [-0.2, -0.15) is 0 Å². The first-order chi connectivity index (χ1) is 7.31. The van der Waals surface area contributed by atoms with Crippen LogP contribution in [-0.2, 0) is 4.79 Å². The standard InChI is InChI=1S/C11H12Cl2NO/c12-5-7-14(8-6-13)11-3-1-10(9-15)2-4-11/h1-4H,5-8H2. The molecule has 0 fully saturated rings. The molecule has 0 saturated carbocycles. The fourth-order valence-corrected chi connectivity index (χ4v) is 1.72. The summed E-state index contributed by atoms with van der Waals surface area (Å²) in [5, 5.41) is 0. The lowest BCUT2D eigenvalue weighted by atomic mass is 10.2. The van der Waals surface area contributed by atoms with E-state index in [1.54, 1.807) is 12.1 Å². The molecule has 1 aromatic carbocycles. The van der Waals surface area contributed by atoms with Crippen LogP contribution in [0.15, 0.2) is 24.3 Å². The number of hydrogen-bond acceptors (Lipinski definition) is 2.